The van der Waals surface area contributed by atoms with Crippen LogP contribution < -0.4 is 4.90 Å². The van der Waals surface area contributed by atoms with Crippen molar-refractivity contribution in [3.05, 3.63) is 52.8 Å². The van der Waals surface area contributed by atoms with E-state index in [9.17, 15) is 5.11 Å². The number of fused-ring (bicyclic) bond motifs is 1. The number of halogens is 1. The first-order valence-corrected chi connectivity index (χ1v) is 7.52. The molecule has 2 heterocycles. The van der Waals surface area contributed by atoms with E-state index < -0.39 is 0 Å². The highest BCUT2D eigenvalue weighted by Crippen LogP contribution is 2.46. The number of hydrogen-bond donors (Lipinski definition) is 1. The lowest BCUT2D eigenvalue weighted by Gasteiger charge is -2.25. The van der Waals surface area contributed by atoms with Crippen LogP contribution in [-0.2, 0) is 5.41 Å². The quantitative estimate of drug-likeness (QED) is 0.932. The Bertz CT molecular complexity index is 617. The van der Waals surface area contributed by atoms with Gasteiger partial charge in [-0.1, -0.05) is 28.9 Å². The first kappa shape index (κ1) is 13.6. The number of aromatic nitrogens is 1. The van der Waals surface area contributed by atoms with E-state index in [4.69, 9.17) is 0 Å². The average molecular weight is 333 g/mol. The molecule has 2 aromatic rings. The lowest BCUT2D eigenvalue weighted by atomic mass is 9.82. The molecule has 4 heteroatoms. The minimum Gasteiger partial charge on any atom is -0.396 e. The Kier molecular flexibility index (Phi) is 3.52. The summed E-state index contributed by atoms with van der Waals surface area (Å²) in [6, 6.07) is 10.4. The van der Waals surface area contributed by atoms with Crippen molar-refractivity contribution in [3.63, 3.8) is 0 Å². The largest absolute Gasteiger partial charge is 0.396 e. The van der Waals surface area contributed by atoms with Crippen molar-refractivity contribution in [3.8, 4) is 0 Å². The topological polar surface area (TPSA) is 36.4 Å². The van der Waals surface area contributed by atoms with E-state index in [-0.39, 0.29) is 12.0 Å². The summed E-state index contributed by atoms with van der Waals surface area (Å²) < 4.78 is 1.07. The van der Waals surface area contributed by atoms with Crippen LogP contribution in [0.3, 0.4) is 0 Å². The molecule has 1 unspecified atom stereocenters. The lowest BCUT2D eigenvalue weighted by molar-refractivity contribution is 0.251. The van der Waals surface area contributed by atoms with Crippen molar-refractivity contribution in [2.75, 3.05) is 18.1 Å². The number of hydrogen-bond acceptors (Lipinski definition) is 3. The number of anilines is 2. The molecule has 1 aromatic heterocycles. The van der Waals surface area contributed by atoms with Gasteiger partial charge in [0.1, 0.15) is 0 Å². The van der Waals surface area contributed by atoms with Crippen molar-refractivity contribution in [2.24, 2.45) is 0 Å². The predicted molar refractivity (Wildman–Crippen MR) is 84.4 cm³/mol. The molecule has 0 bridgehead atoms. The molecule has 1 aliphatic rings. The Balaban J connectivity index is 2.10. The summed E-state index contributed by atoms with van der Waals surface area (Å²) in [5.74, 6) is 0. The standard InChI is InChI=1S/C16H17BrN2O/c1-16(6-9-20)11-19(13-4-7-18-8-5-13)15-10-12(17)2-3-14(15)16/h2-5,7-8,10,20H,6,9,11H2,1H3. The van der Waals surface area contributed by atoms with Crippen LogP contribution in [0, 0.1) is 0 Å². The Morgan fingerprint density at radius 2 is 2.05 bits per heavy atom. The molecule has 1 N–H and O–H groups in total. The van der Waals surface area contributed by atoms with E-state index in [2.05, 4.69) is 50.9 Å². The van der Waals surface area contributed by atoms with Crippen LogP contribution in [0.2, 0.25) is 0 Å². The van der Waals surface area contributed by atoms with Crippen LogP contribution in [0.5, 0.6) is 0 Å². The smallest absolute Gasteiger partial charge is 0.0461 e. The van der Waals surface area contributed by atoms with Crippen molar-refractivity contribution in [1.82, 2.24) is 4.98 Å². The van der Waals surface area contributed by atoms with Crippen LogP contribution in [0.1, 0.15) is 18.9 Å². The predicted octanol–water partition coefficient (Wildman–Crippen LogP) is 3.64. The monoisotopic (exact) mass is 332 g/mol. The van der Waals surface area contributed by atoms with Crippen LogP contribution in [0.4, 0.5) is 11.4 Å². The molecule has 1 aliphatic heterocycles. The van der Waals surface area contributed by atoms with E-state index >= 15 is 0 Å². The summed E-state index contributed by atoms with van der Waals surface area (Å²) in [7, 11) is 0. The zero-order valence-electron chi connectivity index (χ0n) is 11.4. The fourth-order valence-corrected chi connectivity index (χ4v) is 3.32. The minimum absolute atomic E-state index is 0.0198. The lowest BCUT2D eigenvalue weighted by Crippen LogP contribution is -2.29. The number of nitrogens with zero attached hydrogens (tertiary/aromatic N) is 2. The number of aliphatic hydroxyl groups is 1. The van der Waals surface area contributed by atoms with Crippen molar-refractivity contribution < 1.29 is 5.11 Å². The van der Waals surface area contributed by atoms with Gasteiger partial charge in [-0.25, -0.2) is 0 Å². The van der Waals surface area contributed by atoms with E-state index in [0.717, 1.165) is 23.1 Å². The third kappa shape index (κ3) is 2.23. The SMILES string of the molecule is CC1(CCO)CN(c2ccncc2)c2cc(Br)ccc21. The van der Waals surface area contributed by atoms with Crippen molar-refractivity contribution >= 4 is 27.3 Å². The summed E-state index contributed by atoms with van der Waals surface area (Å²) in [4.78, 5) is 6.39. The fourth-order valence-electron chi connectivity index (χ4n) is 2.97. The molecule has 3 nitrogen and oxygen atoms in total. The fraction of sp³-hybridized carbons (Fsp3) is 0.312. The molecule has 0 fully saturated rings. The van der Waals surface area contributed by atoms with Gasteiger partial charge in [-0.05, 0) is 36.2 Å². The molecular formula is C16H17BrN2O. The number of benzene rings is 1. The highest BCUT2D eigenvalue weighted by atomic mass is 79.9. The Labute approximate surface area is 127 Å². The van der Waals surface area contributed by atoms with Gasteiger partial charge in [-0.15, -0.1) is 0 Å². The first-order chi connectivity index (χ1) is 9.64. The van der Waals surface area contributed by atoms with Gasteiger partial charge in [-0.3, -0.25) is 4.98 Å². The van der Waals surface area contributed by atoms with Gasteiger partial charge < -0.3 is 10.0 Å². The third-order valence-electron chi connectivity index (χ3n) is 4.05. The van der Waals surface area contributed by atoms with Gasteiger partial charge in [0, 0.05) is 46.8 Å². The maximum absolute atomic E-state index is 9.39. The number of pyridine rings is 1. The Hall–Kier alpha value is -1.39. The molecular weight excluding hydrogens is 316 g/mol. The van der Waals surface area contributed by atoms with Crippen molar-refractivity contribution in [2.45, 2.75) is 18.8 Å². The molecule has 0 aliphatic carbocycles. The first-order valence-electron chi connectivity index (χ1n) is 6.72. The summed E-state index contributed by atoms with van der Waals surface area (Å²) in [6.07, 6.45) is 4.40. The van der Waals surface area contributed by atoms with E-state index in [1.807, 2.05) is 24.5 Å². The number of rotatable bonds is 3. The zero-order chi connectivity index (χ0) is 14.2. The second-order valence-electron chi connectivity index (χ2n) is 5.49. The summed E-state index contributed by atoms with van der Waals surface area (Å²) >= 11 is 3.55. The van der Waals surface area contributed by atoms with E-state index in [1.165, 1.54) is 11.3 Å². The molecule has 0 radical (unpaired) electrons. The molecule has 3 rings (SSSR count). The molecule has 0 spiro atoms. The molecule has 0 saturated heterocycles. The second-order valence-corrected chi connectivity index (χ2v) is 6.40. The molecule has 1 aromatic carbocycles. The summed E-state index contributed by atoms with van der Waals surface area (Å²) in [5, 5.41) is 9.39. The van der Waals surface area contributed by atoms with Crippen LogP contribution in [-0.4, -0.2) is 23.2 Å². The van der Waals surface area contributed by atoms with E-state index in [1.54, 1.807) is 0 Å². The highest BCUT2D eigenvalue weighted by Gasteiger charge is 2.38. The molecule has 20 heavy (non-hydrogen) atoms. The summed E-state index contributed by atoms with van der Waals surface area (Å²) in [5.41, 5.74) is 3.63. The van der Waals surface area contributed by atoms with Crippen LogP contribution in [0.15, 0.2) is 47.2 Å². The van der Waals surface area contributed by atoms with Crippen LogP contribution in [0.25, 0.3) is 0 Å². The van der Waals surface area contributed by atoms with Gasteiger partial charge in [0.05, 0.1) is 0 Å². The zero-order valence-corrected chi connectivity index (χ0v) is 13.0. The molecule has 0 amide bonds. The maximum atomic E-state index is 9.39. The van der Waals surface area contributed by atoms with Gasteiger partial charge in [0.25, 0.3) is 0 Å². The number of aliphatic hydroxyl groups excluding tert-OH is 1. The maximum Gasteiger partial charge on any atom is 0.0461 e. The third-order valence-corrected chi connectivity index (χ3v) is 4.54. The summed E-state index contributed by atoms with van der Waals surface area (Å²) in [6.45, 7) is 3.30. The van der Waals surface area contributed by atoms with Gasteiger partial charge in [0.2, 0.25) is 0 Å². The van der Waals surface area contributed by atoms with Crippen molar-refractivity contribution in [1.29, 1.82) is 0 Å². The average Bonchev–Trinajstić information content (AvgIpc) is 2.73. The van der Waals surface area contributed by atoms with Gasteiger partial charge >= 0.3 is 0 Å². The Morgan fingerprint density at radius 1 is 1.30 bits per heavy atom. The molecule has 104 valence electrons. The Morgan fingerprint density at radius 3 is 2.75 bits per heavy atom. The van der Waals surface area contributed by atoms with E-state index in [0.29, 0.717) is 0 Å². The van der Waals surface area contributed by atoms with Crippen LogP contribution >= 0.6 is 15.9 Å². The molecule has 1 atom stereocenters. The van der Waals surface area contributed by atoms with Gasteiger partial charge in [0.15, 0.2) is 0 Å². The second kappa shape index (κ2) is 5.19. The highest BCUT2D eigenvalue weighted by molar-refractivity contribution is 9.10. The minimum atomic E-state index is -0.0198. The molecule has 0 saturated carbocycles. The van der Waals surface area contributed by atoms with Gasteiger partial charge in [-0.2, -0.15) is 0 Å². The normalized spacial score (nSPS) is 21.1.